The van der Waals surface area contributed by atoms with E-state index in [-0.39, 0.29) is 12.1 Å². The lowest BCUT2D eigenvalue weighted by molar-refractivity contribution is -0.461. The average molecular weight is 1010 g/mol. The van der Waals surface area contributed by atoms with Gasteiger partial charge in [0.2, 0.25) is 0 Å². The molecule has 35 heteroatoms. The number of hydrogen-bond acceptors (Lipinski definition) is 1. The summed E-state index contributed by atoms with van der Waals surface area (Å²) in [5, 5.41) is 0. The van der Waals surface area contributed by atoms with Crippen molar-refractivity contribution in [2.24, 2.45) is 0 Å². The van der Waals surface area contributed by atoms with Gasteiger partial charge in [-0.2, -0.15) is 149 Å². The summed E-state index contributed by atoms with van der Waals surface area (Å²) in [4.78, 5) is 12.1. The van der Waals surface area contributed by atoms with Crippen molar-refractivity contribution in [3.05, 3.63) is 35.4 Å². The van der Waals surface area contributed by atoms with Crippen LogP contribution in [0.5, 0.6) is 0 Å². The molecule has 0 amide bonds. The molecule has 0 aliphatic rings. The number of aryl methyl sites for hydroxylation is 1. The second-order valence-corrected chi connectivity index (χ2v) is 12.8. The third-order valence-corrected chi connectivity index (χ3v) is 8.47. The van der Waals surface area contributed by atoms with Gasteiger partial charge in [-0.05, 0) is 18.4 Å². The van der Waals surface area contributed by atoms with Crippen molar-refractivity contribution in [2.45, 2.75) is 127 Å². The van der Waals surface area contributed by atoms with Crippen LogP contribution in [-0.2, 0) is 6.42 Å². The standard InChI is InChI=1S/C28H14F34O/c29-13(30,15(33,34)17(37,38)19(41,42)21(45,46)23(49,50)25(53,54)27(57,58)59)8-1-2-10-3-5-11(6-4-10)12(63)7-9-14(31,32)16(35,36)18(39,40)20(43,44)22(47,48)24(51,52)26(55,56)28(60,61)62/h3-6H,1-2,7-9H2. The third kappa shape index (κ3) is 8.36. The molecule has 1 rings (SSSR count). The molecule has 0 aromatic heterocycles. The van der Waals surface area contributed by atoms with Crippen LogP contribution >= 0.6 is 0 Å². The molecule has 0 saturated heterocycles. The molecule has 0 N–H and O–H groups in total. The van der Waals surface area contributed by atoms with Crippen LogP contribution in [0.1, 0.15) is 41.6 Å². The van der Waals surface area contributed by atoms with Crippen LogP contribution in [0.25, 0.3) is 0 Å². The molecule has 370 valence electrons. The van der Waals surface area contributed by atoms with Crippen LogP contribution < -0.4 is 0 Å². The van der Waals surface area contributed by atoms with Crippen LogP contribution in [0, 0.1) is 0 Å². The van der Waals surface area contributed by atoms with Gasteiger partial charge in [-0.25, -0.2) is 0 Å². The second kappa shape index (κ2) is 15.8. The van der Waals surface area contributed by atoms with Gasteiger partial charge < -0.3 is 0 Å². The monoisotopic (exact) mass is 1010 g/mol. The maximum Gasteiger partial charge on any atom is 0.460 e. The van der Waals surface area contributed by atoms with Gasteiger partial charge in [0.05, 0.1) is 0 Å². The van der Waals surface area contributed by atoms with E-state index in [9.17, 15) is 154 Å². The number of rotatable bonds is 20. The summed E-state index contributed by atoms with van der Waals surface area (Å²) >= 11 is 0. The number of alkyl halides is 34. The molecule has 1 aromatic rings. The molecule has 63 heavy (non-hydrogen) atoms. The van der Waals surface area contributed by atoms with Gasteiger partial charge in [0.1, 0.15) is 0 Å². The van der Waals surface area contributed by atoms with E-state index < -0.39 is 144 Å². The van der Waals surface area contributed by atoms with E-state index in [1.165, 1.54) is 0 Å². The Morgan fingerprint density at radius 3 is 0.825 bits per heavy atom. The van der Waals surface area contributed by atoms with E-state index in [0.717, 1.165) is 0 Å². The van der Waals surface area contributed by atoms with Gasteiger partial charge in [0.25, 0.3) is 0 Å². The largest absolute Gasteiger partial charge is 0.460 e. The van der Waals surface area contributed by atoms with Crippen molar-refractivity contribution in [1.82, 2.24) is 0 Å². The number of carbonyl (C=O) groups is 1. The topological polar surface area (TPSA) is 17.1 Å². The zero-order chi connectivity index (χ0) is 51.1. The molecule has 0 heterocycles. The Morgan fingerprint density at radius 2 is 0.556 bits per heavy atom. The number of benzene rings is 1. The molecular formula is C28H14F34O. The van der Waals surface area contributed by atoms with Gasteiger partial charge in [-0.15, -0.1) is 0 Å². The molecule has 0 unspecified atom stereocenters. The summed E-state index contributed by atoms with van der Waals surface area (Å²) in [7, 11) is 0. The van der Waals surface area contributed by atoms with E-state index in [1.807, 2.05) is 0 Å². The van der Waals surface area contributed by atoms with Gasteiger partial charge >= 0.3 is 95.3 Å². The molecule has 0 atom stereocenters. The van der Waals surface area contributed by atoms with E-state index >= 15 is 0 Å². The first-order chi connectivity index (χ1) is 27.1. The van der Waals surface area contributed by atoms with Gasteiger partial charge in [-0.3, -0.25) is 4.79 Å². The average Bonchev–Trinajstić information content (AvgIpc) is 3.08. The predicted octanol–water partition coefficient (Wildman–Crippen LogP) is 14.0. The van der Waals surface area contributed by atoms with Gasteiger partial charge in [0.15, 0.2) is 5.78 Å². The lowest BCUT2D eigenvalue weighted by atomic mass is 9.87. The summed E-state index contributed by atoms with van der Waals surface area (Å²) in [6, 6.07) is 1.08. The van der Waals surface area contributed by atoms with Crippen molar-refractivity contribution in [2.75, 3.05) is 0 Å². The highest BCUT2D eigenvalue weighted by atomic mass is 19.4. The lowest BCUT2D eigenvalue weighted by Gasteiger charge is -2.42. The summed E-state index contributed by atoms with van der Waals surface area (Å²) in [5.74, 6) is -119. The summed E-state index contributed by atoms with van der Waals surface area (Å²) in [5.41, 5.74) is -1.88. The van der Waals surface area contributed by atoms with Crippen LogP contribution in [0.2, 0.25) is 0 Å². The minimum atomic E-state index is -8.95. The molecule has 0 saturated carbocycles. The summed E-state index contributed by atoms with van der Waals surface area (Å²) in [6.45, 7) is 0. The minimum absolute atomic E-state index is 0.209. The first kappa shape index (κ1) is 57.5. The van der Waals surface area contributed by atoms with Crippen LogP contribution in [0.15, 0.2) is 24.3 Å². The molecular weight excluding hydrogens is 998 g/mol. The fraction of sp³-hybridized carbons (Fsp3) is 0.750. The van der Waals surface area contributed by atoms with E-state index in [2.05, 4.69) is 0 Å². The highest BCUT2D eigenvalue weighted by Crippen LogP contribution is 2.66. The molecule has 1 aromatic carbocycles. The van der Waals surface area contributed by atoms with Crippen molar-refractivity contribution in [1.29, 1.82) is 0 Å². The number of carbonyl (C=O) groups excluding carboxylic acids is 1. The quantitative estimate of drug-likeness (QED) is 0.0940. The second-order valence-electron chi connectivity index (χ2n) is 12.8. The Hall–Kier alpha value is -3.49. The van der Waals surface area contributed by atoms with Crippen molar-refractivity contribution in [3.8, 4) is 0 Å². The number of halogens is 34. The predicted molar refractivity (Wildman–Crippen MR) is 134 cm³/mol. The number of ketones is 1. The van der Waals surface area contributed by atoms with Gasteiger partial charge in [0, 0.05) is 24.8 Å². The minimum Gasteiger partial charge on any atom is -0.294 e. The molecule has 0 radical (unpaired) electrons. The van der Waals surface area contributed by atoms with Crippen LogP contribution in [0.3, 0.4) is 0 Å². The summed E-state index contributed by atoms with van der Waals surface area (Å²) < 4.78 is 455. The van der Waals surface area contributed by atoms with Crippen LogP contribution in [0.4, 0.5) is 149 Å². The number of Topliss-reactive ketones (excluding diaryl/α,β-unsaturated/α-hetero) is 1. The van der Waals surface area contributed by atoms with Crippen molar-refractivity contribution in [3.63, 3.8) is 0 Å². The maximum atomic E-state index is 14.1. The smallest absolute Gasteiger partial charge is 0.294 e. The third-order valence-electron chi connectivity index (χ3n) is 8.47. The molecule has 0 bridgehead atoms. The first-order valence-electron chi connectivity index (χ1n) is 15.1. The Morgan fingerprint density at radius 1 is 0.317 bits per heavy atom. The van der Waals surface area contributed by atoms with Crippen molar-refractivity contribution < 1.29 is 154 Å². The molecule has 1 nitrogen and oxygen atoms in total. The van der Waals surface area contributed by atoms with E-state index in [1.54, 1.807) is 0 Å². The number of hydrogen-bond donors (Lipinski definition) is 0. The Balaban J connectivity index is 3.25. The highest BCUT2D eigenvalue weighted by molar-refractivity contribution is 5.96. The lowest BCUT2D eigenvalue weighted by Crippen LogP contribution is -2.74. The maximum absolute atomic E-state index is 14.1. The zero-order valence-electron chi connectivity index (χ0n) is 28.6. The summed E-state index contributed by atoms with van der Waals surface area (Å²) in [6.07, 6.45) is -27.6. The van der Waals surface area contributed by atoms with Crippen LogP contribution in [-0.4, -0.2) is 101 Å². The van der Waals surface area contributed by atoms with E-state index in [4.69, 9.17) is 0 Å². The zero-order valence-corrected chi connectivity index (χ0v) is 28.6. The van der Waals surface area contributed by atoms with Crippen molar-refractivity contribution >= 4 is 5.78 Å². The molecule has 0 fully saturated rings. The van der Waals surface area contributed by atoms with Gasteiger partial charge in [-0.1, -0.05) is 24.3 Å². The normalized spacial score (nSPS) is 16.2. The Bertz CT molecular complexity index is 1760. The SMILES string of the molecule is O=C(CCC(F)(F)C(F)(F)C(F)(F)C(F)(F)C(F)(F)C(F)(F)C(F)(F)C(F)(F)F)c1ccc(CCCC(F)(F)C(F)(F)C(F)(F)C(F)(F)C(F)(F)C(F)(F)C(F)(F)C(F)(F)F)cc1. The molecule has 0 spiro atoms. The van der Waals surface area contributed by atoms with E-state index in [0.29, 0.717) is 12.1 Å². The Labute approximate surface area is 323 Å². The first-order valence-corrected chi connectivity index (χ1v) is 15.1. The molecule has 0 aliphatic carbocycles. The Kier molecular flexibility index (Phi) is 14.5. The fourth-order valence-electron chi connectivity index (χ4n) is 4.49. The highest BCUT2D eigenvalue weighted by Gasteiger charge is 2.96. The molecule has 0 aliphatic heterocycles. The fourth-order valence-corrected chi connectivity index (χ4v) is 4.49.